The molecular formula is C26H23N5O2. The Hall–Kier alpha value is -3.97. The number of carbonyl (C=O) groups is 1. The van der Waals surface area contributed by atoms with E-state index in [1.165, 1.54) is 0 Å². The number of hydrogen-bond acceptors (Lipinski definition) is 5. The summed E-state index contributed by atoms with van der Waals surface area (Å²) in [5.74, 6) is 0.746. The van der Waals surface area contributed by atoms with Crippen LogP contribution in [0.1, 0.15) is 23.2 Å². The van der Waals surface area contributed by atoms with Gasteiger partial charge in [-0.1, -0.05) is 30.3 Å². The number of rotatable bonds is 3. The van der Waals surface area contributed by atoms with Crippen molar-refractivity contribution in [3.63, 3.8) is 0 Å². The zero-order valence-electron chi connectivity index (χ0n) is 18.0. The monoisotopic (exact) mass is 437 g/mol. The second-order valence-corrected chi connectivity index (χ2v) is 8.51. The number of nitrogens with zero attached hydrogens (tertiary/aromatic N) is 4. The molecule has 0 saturated carbocycles. The fourth-order valence-corrected chi connectivity index (χ4v) is 4.46. The number of benzene rings is 2. The third-order valence-corrected chi connectivity index (χ3v) is 6.21. The smallest absolute Gasteiger partial charge is 0.253 e. The Bertz CT molecular complexity index is 1430. The summed E-state index contributed by atoms with van der Waals surface area (Å²) in [6.07, 6.45) is 3.70. The third-order valence-electron chi connectivity index (χ3n) is 6.21. The molecule has 5 aromatic rings. The lowest BCUT2D eigenvalue weighted by atomic mass is 10.0. The van der Waals surface area contributed by atoms with E-state index < -0.39 is 0 Å². The number of likely N-dealkylation sites (tertiary alicyclic amines) is 1. The molecule has 0 radical (unpaired) electrons. The van der Waals surface area contributed by atoms with Crippen molar-refractivity contribution in [1.29, 1.82) is 0 Å². The Morgan fingerprint density at radius 1 is 1.06 bits per heavy atom. The summed E-state index contributed by atoms with van der Waals surface area (Å²) in [5.41, 5.74) is 10.8. The quantitative estimate of drug-likeness (QED) is 0.453. The molecule has 1 amide bonds. The van der Waals surface area contributed by atoms with Crippen LogP contribution in [0.4, 0.5) is 0 Å². The van der Waals surface area contributed by atoms with E-state index in [-0.39, 0.29) is 11.9 Å². The molecule has 33 heavy (non-hydrogen) atoms. The lowest BCUT2D eigenvalue weighted by Gasteiger charge is -2.30. The lowest BCUT2D eigenvalue weighted by Crippen LogP contribution is -2.45. The number of piperidine rings is 1. The summed E-state index contributed by atoms with van der Waals surface area (Å²) in [6, 6.07) is 21.4. The van der Waals surface area contributed by atoms with Crippen molar-refractivity contribution in [2.24, 2.45) is 5.73 Å². The van der Waals surface area contributed by atoms with Crippen LogP contribution in [-0.4, -0.2) is 44.5 Å². The number of amides is 1. The van der Waals surface area contributed by atoms with Crippen molar-refractivity contribution in [1.82, 2.24) is 19.5 Å². The van der Waals surface area contributed by atoms with Crippen LogP contribution < -0.4 is 5.73 Å². The number of fused-ring (bicyclic) bond motifs is 2. The summed E-state index contributed by atoms with van der Waals surface area (Å²) in [7, 11) is 0. The van der Waals surface area contributed by atoms with Gasteiger partial charge in [0, 0.05) is 35.6 Å². The van der Waals surface area contributed by atoms with Gasteiger partial charge >= 0.3 is 0 Å². The lowest BCUT2D eigenvalue weighted by molar-refractivity contribution is 0.0709. The van der Waals surface area contributed by atoms with Crippen LogP contribution in [0, 0.1) is 0 Å². The molecule has 1 fully saturated rings. The molecule has 1 atom stereocenters. The summed E-state index contributed by atoms with van der Waals surface area (Å²) in [6.45, 7) is 1.38. The summed E-state index contributed by atoms with van der Waals surface area (Å²) in [4.78, 5) is 19.2. The number of carbonyl (C=O) groups excluding carboxylic acids is 1. The Morgan fingerprint density at radius 3 is 2.73 bits per heavy atom. The number of aromatic nitrogens is 3. The molecule has 0 spiro atoms. The van der Waals surface area contributed by atoms with Crippen LogP contribution in [0.15, 0.2) is 77.3 Å². The fourth-order valence-electron chi connectivity index (χ4n) is 4.46. The highest BCUT2D eigenvalue weighted by atomic mass is 16.3. The molecule has 1 aliphatic heterocycles. The predicted octanol–water partition coefficient (Wildman–Crippen LogP) is 4.37. The van der Waals surface area contributed by atoms with Gasteiger partial charge in [0.2, 0.25) is 0 Å². The summed E-state index contributed by atoms with van der Waals surface area (Å²) in [5, 5.41) is 5.84. The van der Waals surface area contributed by atoms with Gasteiger partial charge in [0.1, 0.15) is 11.3 Å². The Morgan fingerprint density at radius 2 is 1.91 bits per heavy atom. The first kappa shape index (κ1) is 19.7. The van der Waals surface area contributed by atoms with Gasteiger partial charge in [0.15, 0.2) is 11.4 Å². The minimum Gasteiger partial charge on any atom is -0.454 e. The molecular weight excluding hydrogens is 414 g/mol. The van der Waals surface area contributed by atoms with Crippen LogP contribution in [0.3, 0.4) is 0 Å². The van der Waals surface area contributed by atoms with E-state index in [0.29, 0.717) is 17.9 Å². The highest BCUT2D eigenvalue weighted by Gasteiger charge is 2.22. The summed E-state index contributed by atoms with van der Waals surface area (Å²) >= 11 is 0. The van der Waals surface area contributed by atoms with E-state index in [2.05, 4.69) is 4.98 Å². The van der Waals surface area contributed by atoms with E-state index in [0.717, 1.165) is 53.0 Å². The minimum atomic E-state index is 0.0295. The SMILES string of the molecule is N[C@@H]1CCCN(C(=O)c2ccc(-c3ccc4ncc(-c5cc6ccccc6o5)n4n3)cc2)C1. The van der Waals surface area contributed by atoms with E-state index >= 15 is 0 Å². The molecule has 1 saturated heterocycles. The highest BCUT2D eigenvalue weighted by molar-refractivity contribution is 5.94. The second-order valence-electron chi connectivity index (χ2n) is 8.51. The van der Waals surface area contributed by atoms with E-state index in [9.17, 15) is 4.79 Å². The molecule has 2 aromatic carbocycles. The van der Waals surface area contributed by atoms with Gasteiger partial charge in [0.05, 0.1) is 11.9 Å². The molecule has 4 heterocycles. The Labute approximate surface area is 190 Å². The van der Waals surface area contributed by atoms with E-state index in [1.54, 1.807) is 10.7 Å². The maximum atomic E-state index is 12.8. The molecule has 7 nitrogen and oxygen atoms in total. The van der Waals surface area contributed by atoms with Crippen LogP contribution in [0.25, 0.3) is 39.3 Å². The first-order valence-electron chi connectivity index (χ1n) is 11.1. The van der Waals surface area contributed by atoms with Crippen LogP contribution in [-0.2, 0) is 0 Å². The van der Waals surface area contributed by atoms with Crippen molar-refractivity contribution in [2.75, 3.05) is 13.1 Å². The van der Waals surface area contributed by atoms with Crippen LogP contribution >= 0.6 is 0 Å². The third kappa shape index (κ3) is 3.56. The molecule has 1 aliphatic rings. The van der Waals surface area contributed by atoms with Crippen molar-refractivity contribution in [2.45, 2.75) is 18.9 Å². The highest BCUT2D eigenvalue weighted by Crippen LogP contribution is 2.29. The number of hydrogen-bond donors (Lipinski definition) is 1. The molecule has 7 heteroatoms. The average molecular weight is 438 g/mol. The zero-order valence-corrected chi connectivity index (χ0v) is 18.0. The molecule has 164 valence electrons. The second kappa shape index (κ2) is 7.86. The number of furan rings is 1. The van der Waals surface area contributed by atoms with Crippen molar-refractivity contribution >= 4 is 22.5 Å². The average Bonchev–Trinajstić information content (AvgIpc) is 3.47. The first-order valence-corrected chi connectivity index (χ1v) is 11.1. The Balaban J connectivity index is 1.31. The molecule has 0 aliphatic carbocycles. The molecule has 0 bridgehead atoms. The van der Waals surface area contributed by atoms with Gasteiger partial charge in [-0.3, -0.25) is 4.79 Å². The normalized spacial score (nSPS) is 16.5. The summed E-state index contributed by atoms with van der Waals surface area (Å²) < 4.78 is 7.81. The van der Waals surface area contributed by atoms with Crippen LogP contribution in [0.2, 0.25) is 0 Å². The maximum absolute atomic E-state index is 12.8. The van der Waals surface area contributed by atoms with Crippen molar-refractivity contribution in [3.05, 3.63) is 78.5 Å². The standard InChI is InChI=1S/C26H23N5O2/c27-20-5-3-13-30(16-20)26(32)18-9-7-17(8-10-18)21-11-12-25-28-15-22(31(25)29-21)24-14-19-4-1-2-6-23(19)33-24/h1-2,4,6-12,14-15,20H,3,5,13,16,27H2/t20-/m1/s1. The zero-order chi connectivity index (χ0) is 22.4. The van der Waals surface area contributed by atoms with Gasteiger partial charge in [-0.25, -0.2) is 9.50 Å². The minimum absolute atomic E-state index is 0.0295. The van der Waals surface area contributed by atoms with E-state index in [1.807, 2.05) is 71.6 Å². The largest absolute Gasteiger partial charge is 0.454 e. The van der Waals surface area contributed by atoms with Gasteiger partial charge in [-0.2, -0.15) is 5.10 Å². The fraction of sp³-hybridized carbons (Fsp3) is 0.192. The van der Waals surface area contributed by atoms with Gasteiger partial charge in [-0.15, -0.1) is 0 Å². The topological polar surface area (TPSA) is 89.7 Å². The number of nitrogens with two attached hydrogens (primary N) is 1. The Kier molecular flexibility index (Phi) is 4.69. The number of imidazole rings is 1. The van der Waals surface area contributed by atoms with Gasteiger partial charge in [-0.05, 0) is 49.2 Å². The first-order chi connectivity index (χ1) is 16.2. The maximum Gasteiger partial charge on any atom is 0.253 e. The molecule has 2 N–H and O–H groups in total. The van der Waals surface area contributed by atoms with E-state index in [4.69, 9.17) is 15.2 Å². The molecule has 3 aromatic heterocycles. The predicted molar refractivity (Wildman–Crippen MR) is 127 cm³/mol. The number of para-hydroxylation sites is 1. The van der Waals surface area contributed by atoms with Crippen molar-refractivity contribution in [3.8, 4) is 22.7 Å². The van der Waals surface area contributed by atoms with Crippen LogP contribution in [0.5, 0.6) is 0 Å². The van der Waals surface area contributed by atoms with Gasteiger partial charge in [0.25, 0.3) is 5.91 Å². The van der Waals surface area contributed by atoms with Gasteiger partial charge < -0.3 is 15.1 Å². The molecule has 6 rings (SSSR count). The van der Waals surface area contributed by atoms with Crippen molar-refractivity contribution < 1.29 is 9.21 Å². The molecule has 0 unspecified atom stereocenters.